The molecule has 41 heavy (non-hydrogen) atoms. The van der Waals surface area contributed by atoms with E-state index < -0.39 is 47.2 Å². The van der Waals surface area contributed by atoms with Crippen LogP contribution in [0.5, 0.6) is 5.88 Å². The van der Waals surface area contributed by atoms with Crippen LogP contribution >= 0.6 is 0 Å². The van der Waals surface area contributed by atoms with Crippen molar-refractivity contribution < 1.29 is 32.2 Å². The fraction of sp³-hybridized carbons (Fsp3) is 0.581. The zero-order valence-electron chi connectivity index (χ0n) is 24.3. The van der Waals surface area contributed by atoms with Gasteiger partial charge in [0.2, 0.25) is 11.8 Å². The van der Waals surface area contributed by atoms with Gasteiger partial charge in [-0.2, -0.15) is 18.2 Å². The van der Waals surface area contributed by atoms with Crippen molar-refractivity contribution in [2.75, 3.05) is 19.0 Å². The summed E-state index contributed by atoms with van der Waals surface area (Å²) in [4.78, 5) is 34.1. The summed E-state index contributed by atoms with van der Waals surface area (Å²) in [6.07, 6.45) is -0.231. The van der Waals surface area contributed by atoms with Gasteiger partial charge in [0.25, 0.3) is 0 Å². The number of alkyl halides is 3. The topological polar surface area (TPSA) is 80.8 Å². The van der Waals surface area contributed by atoms with Crippen LogP contribution in [0.4, 0.5) is 19.0 Å². The maximum Gasteiger partial charge on any atom is 0.416 e. The number of pyridine rings is 1. The molecular weight excluding hydrogens is 535 g/mol. The van der Waals surface area contributed by atoms with Crippen molar-refractivity contribution in [3.8, 4) is 5.88 Å². The number of carbonyl (C=O) groups excluding carboxylic acids is 2. The van der Waals surface area contributed by atoms with E-state index in [0.29, 0.717) is 0 Å². The number of hydrogen-bond donors (Lipinski definition) is 1. The lowest BCUT2D eigenvalue weighted by Gasteiger charge is -2.36. The molecule has 224 valence electrons. The molecule has 1 saturated heterocycles. The van der Waals surface area contributed by atoms with Crippen LogP contribution in [0.3, 0.4) is 0 Å². The summed E-state index contributed by atoms with van der Waals surface area (Å²) in [5.41, 5.74) is -0.699. The number of nitrogens with one attached hydrogen (secondary N) is 1. The van der Waals surface area contributed by atoms with Crippen molar-refractivity contribution in [3.05, 3.63) is 53.6 Å². The van der Waals surface area contributed by atoms with Gasteiger partial charge in [-0.05, 0) is 36.8 Å². The lowest BCUT2D eigenvalue weighted by Crippen LogP contribution is -2.49. The Labute approximate surface area is 239 Å². The largest absolute Gasteiger partial charge is 0.481 e. The summed E-state index contributed by atoms with van der Waals surface area (Å²) in [5, 5.41) is 3.26. The van der Waals surface area contributed by atoms with Gasteiger partial charge in [-0.1, -0.05) is 70.4 Å². The maximum atomic E-state index is 14.4. The van der Waals surface area contributed by atoms with Crippen LogP contribution in [-0.4, -0.2) is 47.6 Å². The summed E-state index contributed by atoms with van der Waals surface area (Å²) < 4.78 is 52.1. The number of aromatic nitrogens is 1. The molecule has 1 aliphatic heterocycles. The quantitative estimate of drug-likeness (QED) is 0.373. The van der Waals surface area contributed by atoms with Crippen molar-refractivity contribution in [3.63, 3.8) is 0 Å². The Balaban J connectivity index is 1.91. The molecule has 0 bridgehead atoms. The first-order chi connectivity index (χ1) is 19.4. The number of amides is 1. The van der Waals surface area contributed by atoms with E-state index in [-0.39, 0.29) is 30.1 Å². The Bertz CT molecular complexity index is 1210. The fourth-order valence-electron chi connectivity index (χ4n) is 6.45. The number of nitrogens with zero attached hydrogens (tertiary/aromatic N) is 2. The van der Waals surface area contributed by atoms with Gasteiger partial charge < -0.3 is 19.7 Å². The standard InChI is InChI=1S/C31H40F3N3O4/c1-6-41-29(39)27-24(30(2,3)4)25(36-22-17-21(31(32,33)34)18-23(35-22)40-5)26(19-13-9-7-10-14-19)37(27)28(38)20-15-11-8-12-16-20/h7,9-10,13-14,17-18,20,24-27H,6,8,11-12,15-16H2,1-5H3,(H,35,36)/t24-,25-,26-,27-/m1/s1. The van der Waals surface area contributed by atoms with Crippen molar-refractivity contribution in [1.82, 2.24) is 9.88 Å². The van der Waals surface area contributed by atoms with Crippen molar-refractivity contribution in [2.24, 2.45) is 17.3 Å². The molecule has 4 atom stereocenters. The third kappa shape index (κ3) is 6.62. The zero-order chi connectivity index (χ0) is 29.9. The molecule has 10 heteroatoms. The van der Waals surface area contributed by atoms with E-state index in [0.717, 1.165) is 49.8 Å². The molecule has 2 fully saturated rings. The van der Waals surface area contributed by atoms with Crippen molar-refractivity contribution in [2.45, 2.75) is 84.1 Å². The molecule has 0 spiro atoms. The molecule has 0 radical (unpaired) electrons. The van der Waals surface area contributed by atoms with Crippen LogP contribution in [0.1, 0.15) is 77.0 Å². The molecule has 4 rings (SSSR count). The molecular formula is C31H40F3N3O4. The number of carbonyl (C=O) groups is 2. The van der Waals surface area contributed by atoms with E-state index >= 15 is 0 Å². The van der Waals surface area contributed by atoms with Crippen LogP contribution in [-0.2, 0) is 20.5 Å². The molecule has 1 aliphatic carbocycles. The minimum Gasteiger partial charge on any atom is -0.481 e. The monoisotopic (exact) mass is 575 g/mol. The molecule has 2 aromatic rings. The lowest BCUT2D eigenvalue weighted by atomic mass is 9.72. The fourth-order valence-corrected chi connectivity index (χ4v) is 6.45. The van der Waals surface area contributed by atoms with Crippen molar-refractivity contribution >= 4 is 17.7 Å². The second-order valence-corrected chi connectivity index (χ2v) is 12.0. The zero-order valence-corrected chi connectivity index (χ0v) is 24.3. The van der Waals surface area contributed by atoms with E-state index in [9.17, 15) is 22.8 Å². The van der Waals surface area contributed by atoms with Crippen molar-refractivity contribution in [1.29, 1.82) is 0 Å². The van der Waals surface area contributed by atoms with Gasteiger partial charge in [0.05, 0.1) is 31.4 Å². The number of ether oxygens (including phenoxy) is 2. The van der Waals surface area contributed by atoms with Gasteiger partial charge in [-0.15, -0.1) is 0 Å². The number of likely N-dealkylation sites (tertiary alicyclic amines) is 1. The normalized spacial score (nSPS) is 23.8. The van der Waals surface area contributed by atoms with Crippen LogP contribution in [0.15, 0.2) is 42.5 Å². The van der Waals surface area contributed by atoms with E-state index in [1.807, 2.05) is 51.1 Å². The number of rotatable bonds is 7. The highest BCUT2D eigenvalue weighted by molar-refractivity contribution is 5.88. The molecule has 2 aliphatic rings. The van der Waals surface area contributed by atoms with E-state index in [1.165, 1.54) is 7.11 Å². The Morgan fingerprint density at radius 2 is 1.71 bits per heavy atom. The minimum atomic E-state index is -4.62. The number of hydrogen-bond acceptors (Lipinski definition) is 6. The Hall–Kier alpha value is -3.30. The number of methoxy groups -OCH3 is 1. The SMILES string of the molecule is CCOC(=O)[C@H]1[C@H](C(C)(C)C)[C@@H](Nc2cc(C(F)(F)F)cc(OC)n2)[C@@H](c2ccccc2)N1C(=O)C1CCCCC1. The maximum absolute atomic E-state index is 14.4. The molecule has 2 heterocycles. The van der Waals surface area contributed by atoms with Gasteiger partial charge >= 0.3 is 12.1 Å². The van der Waals surface area contributed by atoms with Crippen LogP contribution in [0, 0.1) is 17.3 Å². The first-order valence-corrected chi connectivity index (χ1v) is 14.3. The molecule has 1 amide bonds. The van der Waals surface area contributed by atoms with Gasteiger partial charge in [0.15, 0.2) is 0 Å². The molecule has 1 N–H and O–H groups in total. The third-order valence-electron chi connectivity index (χ3n) is 8.20. The smallest absolute Gasteiger partial charge is 0.416 e. The predicted octanol–water partition coefficient (Wildman–Crippen LogP) is 6.65. The van der Waals surface area contributed by atoms with Gasteiger partial charge in [-0.3, -0.25) is 4.79 Å². The molecule has 1 saturated carbocycles. The first kappa shape index (κ1) is 30.7. The first-order valence-electron chi connectivity index (χ1n) is 14.3. The summed E-state index contributed by atoms with van der Waals surface area (Å²) >= 11 is 0. The molecule has 7 nitrogen and oxygen atoms in total. The summed E-state index contributed by atoms with van der Waals surface area (Å²) in [6, 6.07) is 8.84. The second-order valence-electron chi connectivity index (χ2n) is 12.0. The summed E-state index contributed by atoms with van der Waals surface area (Å²) in [7, 11) is 1.26. The Morgan fingerprint density at radius 3 is 2.27 bits per heavy atom. The van der Waals surface area contributed by atoms with Gasteiger partial charge in [0.1, 0.15) is 11.9 Å². The number of halogens is 3. The van der Waals surface area contributed by atoms with E-state index in [2.05, 4.69) is 10.3 Å². The van der Waals surface area contributed by atoms with Gasteiger partial charge in [-0.25, -0.2) is 4.79 Å². The van der Waals surface area contributed by atoms with Crippen LogP contribution in [0.25, 0.3) is 0 Å². The Kier molecular flexibility index (Phi) is 9.19. The average molecular weight is 576 g/mol. The Morgan fingerprint density at radius 1 is 1.05 bits per heavy atom. The minimum absolute atomic E-state index is 0.0496. The van der Waals surface area contributed by atoms with E-state index in [4.69, 9.17) is 9.47 Å². The molecule has 1 aromatic heterocycles. The highest BCUT2D eigenvalue weighted by atomic mass is 19.4. The van der Waals surface area contributed by atoms with Gasteiger partial charge in [0, 0.05) is 17.9 Å². The number of esters is 1. The highest BCUT2D eigenvalue weighted by Gasteiger charge is 2.59. The number of benzene rings is 1. The average Bonchev–Trinajstić information content (AvgIpc) is 3.28. The molecule has 0 unspecified atom stereocenters. The summed E-state index contributed by atoms with van der Waals surface area (Å²) in [5.74, 6) is -1.65. The highest BCUT2D eigenvalue weighted by Crippen LogP contribution is 2.50. The van der Waals surface area contributed by atoms with Crippen LogP contribution in [0.2, 0.25) is 0 Å². The van der Waals surface area contributed by atoms with E-state index in [1.54, 1.807) is 11.8 Å². The third-order valence-corrected chi connectivity index (χ3v) is 8.20. The number of anilines is 1. The summed E-state index contributed by atoms with van der Waals surface area (Å²) in [6.45, 7) is 7.76. The molecule has 1 aromatic carbocycles. The lowest BCUT2D eigenvalue weighted by molar-refractivity contribution is -0.158. The van der Waals surface area contributed by atoms with Crippen LogP contribution < -0.4 is 10.1 Å². The predicted molar refractivity (Wildman–Crippen MR) is 149 cm³/mol. The second kappa shape index (κ2) is 12.3.